The molecule has 0 saturated carbocycles. The number of hydrogen-bond donors (Lipinski definition) is 2. The fraction of sp³-hybridized carbons (Fsp3) is 0.389. The number of nitrogens with zero attached hydrogens (tertiary/aromatic N) is 1. The van der Waals surface area contributed by atoms with Crippen LogP contribution in [0.3, 0.4) is 0 Å². The maximum absolute atomic E-state index is 12.5. The minimum absolute atomic E-state index is 0.0204. The van der Waals surface area contributed by atoms with Gasteiger partial charge >= 0.3 is 0 Å². The van der Waals surface area contributed by atoms with Crippen molar-refractivity contribution in [1.82, 2.24) is 10.2 Å². The molecule has 1 aromatic rings. The Morgan fingerprint density at radius 3 is 2.96 bits per heavy atom. The molecule has 0 unspecified atom stereocenters. The molecule has 0 bridgehead atoms. The average Bonchev–Trinajstić information content (AvgIpc) is 3.27. The van der Waals surface area contributed by atoms with Crippen molar-refractivity contribution in [3.8, 4) is 11.5 Å². The van der Waals surface area contributed by atoms with Crippen molar-refractivity contribution in [3.63, 3.8) is 0 Å². The zero-order valence-electron chi connectivity index (χ0n) is 15.1. The van der Waals surface area contributed by atoms with Crippen LogP contribution in [-0.2, 0) is 14.3 Å². The summed E-state index contributed by atoms with van der Waals surface area (Å²) in [6, 6.07) is 2.94. The number of hydrogen-bond acceptors (Lipinski definition) is 7. The Bertz CT molecular complexity index is 838. The summed E-state index contributed by atoms with van der Waals surface area (Å²) in [6.07, 6.45) is 3.28. The summed E-state index contributed by atoms with van der Waals surface area (Å²) in [4.78, 5) is 37.8. The number of imide groups is 1. The molecule has 2 heterocycles. The van der Waals surface area contributed by atoms with E-state index in [0.29, 0.717) is 18.7 Å². The van der Waals surface area contributed by atoms with E-state index >= 15 is 0 Å². The van der Waals surface area contributed by atoms with E-state index in [1.807, 2.05) is 0 Å². The van der Waals surface area contributed by atoms with Crippen LogP contribution in [0.2, 0.25) is 5.02 Å². The summed E-state index contributed by atoms with van der Waals surface area (Å²) in [5.41, 5.74) is 0.480. The molecule has 28 heavy (non-hydrogen) atoms. The Morgan fingerprint density at radius 2 is 2.29 bits per heavy atom. The fourth-order valence-corrected chi connectivity index (χ4v) is 3.91. The van der Waals surface area contributed by atoms with Crippen molar-refractivity contribution in [2.75, 3.05) is 26.8 Å². The number of carbonyl (C=O) groups excluding carboxylic acids is 3. The Labute approximate surface area is 170 Å². The van der Waals surface area contributed by atoms with E-state index in [9.17, 15) is 19.5 Å². The number of benzene rings is 1. The normalized spacial score (nSPS) is 20.9. The highest BCUT2D eigenvalue weighted by molar-refractivity contribution is 8.18. The van der Waals surface area contributed by atoms with E-state index in [2.05, 4.69) is 5.32 Å². The lowest BCUT2D eigenvalue weighted by Gasteiger charge is -2.14. The number of nitrogens with one attached hydrogen (secondary N) is 1. The largest absolute Gasteiger partial charge is 0.503 e. The van der Waals surface area contributed by atoms with Crippen LogP contribution in [0, 0.1) is 0 Å². The number of halogens is 1. The molecule has 2 fully saturated rings. The van der Waals surface area contributed by atoms with Crippen LogP contribution in [0.4, 0.5) is 4.79 Å². The number of ether oxygens (including phenoxy) is 2. The first kappa shape index (κ1) is 20.5. The number of phenols is 1. The van der Waals surface area contributed by atoms with Gasteiger partial charge in [-0.05, 0) is 48.4 Å². The average molecular weight is 427 g/mol. The lowest BCUT2D eigenvalue weighted by molar-refractivity contribution is -0.129. The summed E-state index contributed by atoms with van der Waals surface area (Å²) < 4.78 is 10.4. The van der Waals surface area contributed by atoms with Gasteiger partial charge in [-0.25, -0.2) is 0 Å². The molecule has 10 heteroatoms. The highest BCUT2D eigenvalue weighted by Crippen LogP contribution is 2.37. The van der Waals surface area contributed by atoms with Crippen LogP contribution >= 0.6 is 23.4 Å². The minimum atomic E-state index is -0.564. The van der Waals surface area contributed by atoms with Gasteiger partial charge in [-0.1, -0.05) is 11.6 Å². The summed E-state index contributed by atoms with van der Waals surface area (Å²) in [7, 11) is 1.37. The standard InChI is InChI=1S/C18H19ClN2O6S/c1-26-13-6-10(5-12(19)16(13)23)7-14-17(24)21(18(25)28-14)9-15(22)20-8-11-3-2-4-27-11/h5-7,11,23H,2-4,8-9H2,1H3,(H,20,22)/b14-7-/t11-/m1/s1. The minimum Gasteiger partial charge on any atom is -0.503 e. The van der Waals surface area contributed by atoms with E-state index < -0.39 is 17.1 Å². The van der Waals surface area contributed by atoms with E-state index in [0.717, 1.165) is 29.5 Å². The van der Waals surface area contributed by atoms with Crippen molar-refractivity contribution in [2.45, 2.75) is 18.9 Å². The number of amides is 3. The molecular formula is C18H19ClN2O6S. The Hall–Kier alpha value is -2.23. The first-order valence-corrected chi connectivity index (χ1v) is 9.78. The Balaban J connectivity index is 1.66. The number of methoxy groups -OCH3 is 1. The van der Waals surface area contributed by atoms with E-state index in [-0.39, 0.29) is 34.1 Å². The Morgan fingerprint density at radius 1 is 1.50 bits per heavy atom. The van der Waals surface area contributed by atoms with Crippen molar-refractivity contribution in [1.29, 1.82) is 0 Å². The van der Waals surface area contributed by atoms with E-state index in [1.54, 1.807) is 0 Å². The third-order valence-corrected chi connectivity index (χ3v) is 5.49. The molecule has 3 amide bonds. The maximum Gasteiger partial charge on any atom is 0.294 e. The van der Waals surface area contributed by atoms with Crippen molar-refractivity contribution < 1.29 is 29.0 Å². The predicted molar refractivity (Wildman–Crippen MR) is 104 cm³/mol. The summed E-state index contributed by atoms with van der Waals surface area (Å²) in [6.45, 7) is 0.686. The smallest absolute Gasteiger partial charge is 0.294 e. The molecule has 2 aliphatic rings. The van der Waals surface area contributed by atoms with Gasteiger partial charge in [0, 0.05) is 13.2 Å². The van der Waals surface area contributed by atoms with Crippen molar-refractivity contribution in [3.05, 3.63) is 27.6 Å². The first-order valence-electron chi connectivity index (χ1n) is 8.59. The highest BCUT2D eigenvalue weighted by Gasteiger charge is 2.36. The van der Waals surface area contributed by atoms with Gasteiger partial charge in [0.15, 0.2) is 11.5 Å². The molecule has 0 radical (unpaired) electrons. The molecule has 2 aliphatic heterocycles. The number of thioether (sulfide) groups is 1. The second-order valence-corrected chi connectivity index (χ2v) is 7.66. The highest BCUT2D eigenvalue weighted by atomic mass is 35.5. The van der Waals surface area contributed by atoms with Gasteiger partial charge in [0.25, 0.3) is 11.1 Å². The lowest BCUT2D eigenvalue weighted by atomic mass is 10.2. The second-order valence-electron chi connectivity index (χ2n) is 6.26. The van der Waals surface area contributed by atoms with Gasteiger partial charge in [-0.2, -0.15) is 0 Å². The van der Waals surface area contributed by atoms with Gasteiger partial charge < -0.3 is 19.9 Å². The molecular weight excluding hydrogens is 408 g/mol. The lowest BCUT2D eigenvalue weighted by Crippen LogP contribution is -2.41. The SMILES string of the molecule is COc1cc(/C=C2\SC(=O)N(CC(=O)NC[C@H]3CCCO3)C2=O)cc(Cl)c1O. The second kappa shape index (κ2) is 8.85. The molecule has 2 saturated heterocycles. The quantitative estimate of drug-likeness (QED) is 0.673. The van der Waals surface area contributed by atoms with Gasteiger partial charge in [0.2, 0.25) is 5.91 Å². The van der Waals surface area contributed by atoms with Crippen LogP contribution in [-0.4, -0.2) is 60.0 Å². The molecule has 0 aromatic heterocycles. The molecule has 1 atom stereocenters. The molecule has 0 spiro atoms. The van der Waals surface area contributed by atoms with Gasteiger partial charge in [-0.3, -0.25) is 19.3 Å². The third kappa shape index (κ3) is 4.60. The molecule has 150 valence electrons. The third-order valence-electron chi connectivity index (χ3n) is 4.29. The Kier molecular flexibility index (Phi) is 6.48. The topological polar surface area (TPSA) is 105 Å². The summed E-state index contributed by atoms with van der Waals surface area (Å²) in [5.74, 6) is -1.05. The first-order chi connectivity index (χ1) is 13.4. The van der Waals surface area contributed by atoms with E-state index in [1.165, 1.54) is 25.3 Å². The monoisotopic (exact) mass is 426 g/mol. The predicted octanol–water partition coefficient (Wildman–Crippen LogP) is 2.39. The number of aromatic hydroxyl groups is 1. The maximum atomic E-state index is 12.5. The number of rotatable bonds is 6. The molecule has 1 aromatic carbocycles. The van der Waals surface area contributed by atoms with Crippen LogP contribution in [0.25, 0.3) is 6.08 Å². The zero-order valence-corrected chi connectivity index (χ0v) is 16.6. The summed E-state index contributed by atoms with van der Waals surface area (Å²) in [5, 5.41) is 12.0. The van der Waals surface area contributed by atoms with Crippen LogP contribution in [0.15, 0.2) is 17.0 Å². The molecule has 3 rings (SSSR count). The van der Waals surface area contributed by atoms with Crippen molar-refractivity contribution in [2.24, 2.45) is 0 Å². The molecule has 8 nitrogen and oxygen atoms in total. The zero-order chi connectivity index (χ0) is 20.3. The van der Waals surface area contributed by atoms with Gasteiger partial charge in [-0.15, -0.1) is 0 Å². The fourth-order valence-electron chi connectivity index (χ4n) is 2.85. The van der Waals surface area contributed by atoms with Crippen LogP contribution in [0.5, 0.6) is 11.5 Å². The van der Waals surface area contributed by atoms with Crippen molar-refractivity contribution >= 4 is 46.5 Å². The van der Waals surface area contributed by atoms with Crippen LogP contribution in [0.1, 0.15) is 18.4 Å². The molecule has 0 aliphatic carbocycles. The van der Waals surface area contributed by atoms with E-state index in [4.69, 9.17) is 21.1 Å². The number of phenolic OH excluding ortho intramolecular Hbond substituents is 1. The van der Waals surface area contributed by atoms with Gasteiger partial charge in [0.05, 0.1) is 23.1 Å². The van der Waals surface area contributed by atoms with Crippen LogP contribution < -0.4 is 10.1 Å². The molecule has 2 N–H and O–H groups in total. The van der Waals surface area contributed by atoms with Gasteiger partial charge in [0.1, 0.15) is 6.54 Å². The number of carbonyl (C=O) groups is 3. The summed E-state index contributed by atoms with van der Waals surface area (Å²) >= 11 is 6.68.